The monoisotopic (exact) mass is 155 g/mol. The summed E-state index contributed by atoms with van der Waals surface area (Å²) in [5, 5.41) is 0. The molecule has 0 bridgehead atoms. The fourth-order valence-electron chi connectivity index (χ4n) is 0.754. The summed E-state index contributed by atoms with van der Waals surface area (Å²) >= 11 is 0. The Kier molecular flexibility index (Phi) is 4.59. The summed E-state index contributed by atoms with van der Waals surface area (Å²) in [6.45, 7) is 8.07. The van der Waals surface area contributed by atoms with Gasteiger partial charge in [-0.15, -0.1) is 0 Å². The molecule has 0 aliphatic carbocycles. The Bertz CT molecular complexity index is 168. The molecule has 2 nitrogen and oxygen atoms in total. The molecule has 2 heteroatoms. The zero-order chi connectivity index (χ0) is 8.85. The van der Waals surface area contributed by atoms with Gasteiger partial charge >= 0.3 is 0 Å². The molecule has 0 spiro atoms. The molecular weight excluding hydrogens is 138 g/mol. The maximum Gasteiger partial charge on any atom is 0.184 e. The number of hydrogen-bond acceptors (Lipinski definition) is 2. The van der Waals surface area contributed by atoms with Crippen LogP contribution in [0, 0.1) is 5.92 Å². The van der Waals surface area contributed by atoms with Gasteiger partial charge in [0.15, 0.2) is 5.90 Å². The molecule has 0 heterocycles. The molecule has 0 aromatic carbocycles. The van der Waals surface area contributed by atoms with Crippen LogP contribution in [0.4, 0.5) is 0 Å². The van der Waals surface area contributed by atoms with E-state index >= 15 is 0 Å². The minimum absolute atomic E-state index is 0.463. The van der Waals surface area contributed by atoms with Gasteiger partial charge in [-0.2, -0.15) is 0 Å². The zero-order valence-electron chi connectivity index (χ0n) is 8.01. The van der Waals surface area contributed by atoms with E-state index in [1.807, 2.05) is 19.9 Å². The van der Waals surface area contributed by atoms with Crippen LogP contribution < -0.4 is 0 Å². The molecule has 0 aromatic heterocycles. The number of methoxy groups -OCH3 is 1. The van der Waals surface area contributed by atoms with Crippen molar-refractivity contribution in [2.45, 2.75) is 27.7 Å². The lowest BCUT2D eigenvalue weighted by molar-refractivity contribution is 0.398. The zero-order valence-corrected chi connectivity index (χ0v) is 8.01. The van der Waals surface area contributed by atoms with Crippen molar-refractivity contribution >= 4 is 5.90 Å². The van der Waals surface area contributed by atoms with Gasteiger partial charge in [0, 0.05) is 12.6 Å². The van der Waals surface area contributed by atoms with Gasteiger partial charge in [0.1, 0.15) is 0 Å². The van der Waals surface area contributed by atoms with Gasteiger partial charge in [0.2, 0.25) is 0 Å². The summed E-state index contributed by atoms with van der Waals surface area (Å²) < 4.78 is 4.94. The maximum atomic E-state index is 4.94. The average Bonchev–Trinajstić information content (AvgIpc) is 1.99. The van der Waals surface area contributed by atoms with Crippen molar-refractivity contribution in [3.8, 4) is 0 Å². The summed E-state index contributed by atoms with van der Waals surface area (Å²) in [6.07, 6.45) is 2.01. The summed E-state index contributed by atoms with van der Waals surface area (Å²) in [5.41, 5.74) is 1.07. The van der Waals surface area contributed by atoms with E-state index in [1.165, 1.54) is 0 Å². The van der Waals surface area contributed by atoms with Crippen molar-refractivity contribution in [1.29, 1.82) is 0 Å². The highest BCUT2D eigenvalue weighted by Crippen LogP contribution is 2.10. The predicted molar refractivity (Wildman–Crippen MR) is 48.7 cm³/mol. The quantitative estimate of drug-likeness (QED) is 0.443. The Morgan fingerprint density at radius 2 is 2.00 bits per heavy atom. The number of rotatable bonds is 2. The molecule has 0 rings (SSSR count). The van der Waals surface area contributed by atoms with Crippen LogP contribution in [0.5, 0.6) is 0 Å². The summed E-state index contributed by atoms with van der Waals surface area (Å²) in [6, 6.07) is 0. The largest absolute Gasteiger partial charge is 0.484 e. The Hall–Kier alpha value is -0.790. The summed E-state index contributed by atoms with van der Waals surface area (Å²) in [5.74, 6) is 1.18. The average molecular weight is 155 g/mol. The second-order valence-electron chi connectivity index (χ2n) is 2.70. The fourth-order valence-corrected chi connectivity index (χ4v) is 0.754. The van der Waals surface area contributed by atoms with Crippen molar-refractivity contribution < 1.29 is 4.74 Å². The maximum absolute atomic E-state index is 4.94. The Morgan fingerprint density at radius 3 is 2.27 bits per heavy atom. The molecule has 0 radical (unpaired) electrons. The van der Waals surface area contributed by atoms with Gasteiger partial charge < -0.3 is 4.74 Å². The molecular formula is C9H17NO. The standard InChI is InChI=1S/C9H17NO/c1-6-9(7(2)3)10-8(4)11-5/h6-7H,1-5H3/b9-6-,10-8?. The first-order chi connectivity index (χ1) is 5.11. The van der Waals surface area contributed by atoms with E-state index in [-0.39, 0.29) is 0 Å². The lowest BCUT2D eigenvalue weighted by Gasteiger charge is -2.05. The van der Waals surface area contributed by atoms with Crippen molar-refractivity contribution in [1.82, 2.24) is 0 Å². The number of ether oxygens (including phenoxy) is 1. The first kappa shape index (κ1) is 10.2. The van der Waals surface area contributed by atoms with Gasteiger partial charge in [-0.05, 0) is 12.8 Å². The first-order valence-corrected chi connectivity index (χ1v) is 3.87. The number of nitrogens with zero attached hydrogens (tertiary/aromatic N) is 1. The van der Waals surface area contributed by atoms with Crippen LogP contribution in [0.3, 0.4) is 0 Å². The normalized spacial score (nSPS) is 14.0. The van der Waals surface area contributed by atoms with Crippen LogP contribution in [0.25, 0.3) is 0 Å². The molecule has 0 saturated carbocycles. The molecule has 64 valence electrons. The van der Waals surface area contributed by atoms with Crippen LogP contribution in [-0.4, -0.2) is 13.0 Å². The number of aliphatic imine (C=N–C) groups is 1. The van der Waals surface area contributed by atoms with Crippen LogP contribution in [-0.2, 0) is 4.74 Å². The highest BCUT2D eigenvalue weighted by molar-refractivity contribution is 5.74. The van der Waals surface area contributed by atoms with E-state index in [9.17, 15) is 0 Å². The van der Waals surface area contributed by atoms with E-state index in [1.54, 1.807) is 7.11 Å². The number of hydrogen-bond donors (Lipinski definition) is 0. The van der Waals surface area contributed by atoms with E-state index < -0.39 is 0 Å². The molecule has 0 fully saturated rings. The molecule has 0 N–H and O–H groups in total. The SMILES string of the molecule is C/C=C(\N=C(C)OC)C(C)C. The fraction of sp³-hybridized carbons (Fsp3) is 0.667. The van der Waals surface area contributed by atoms with Crippen molar-refractivity contribution in [2.24, 2.45) is 10.9 Å². The third-order valence-electron chi connectivity index (χ3n) is 1.47. The van der Waals surface area contributed by atoms with Crippen LogP contribution in [0.2, 0.25) is 0 Å². The molecule has 0 unspecified atom stereocenters. The van der Waals surface area contributed by atoms with Crippen LogP contribution in [0.15, 0.2) is 16.8 Å². The van der Waals surface area contributed by atoms with Gasteiger partial charge in [-0.3, -0.25) is 0 Å². The Labute approximate surface area is 69.0 Å². The Morgan fingerprint density at radius 1 is 1.45 bits per heavy atom. The Balaban J connectivity index is 4.32. The molecule has 0 aliphatic heterocycles. The molecule has 0 amide bonds. The van der Waals surface area contributed by atoms with Crippen molar-refractivity contribution in [3.05, 3.63) is 11.8 Å². The molecule has 0 aromatic rings. The van der Waals surface area contributed by atoms with Gasteiger partial charge in [-0.1, -0.05) is 19.9 Å². The molecule has 11 heavy (non-hydrogen) atoms. The minimum Gasteiger partial charge on any atom is -0.484 e. The van der Waals surface area contributed by atoms with Crippen LogP contribution >= 0.6 is 0 Å². The van der Waals surface area contributed by atoms with E-state index in [4.69, 9.17) is 4.74 Å². The van der Waals surface area contributed by atoms with E-state index in [0.717, 1.165) is 5.70 Å². The second-order valence-corrected chi connectivity index (χ2v) is 2.70. The topological polar surface area (TPSA) is 21.6 Å². The van der Waals surface area contributed by atoms with Crippen molar-refractivity contribution in [2.75, 3.05) is 7.11 Å². The molecule has 0 atom stereocenters. The first-order valence-electron chi connectivity index (χ1n) is 3.87. The van der Waals surface area contributed by atoms with Crippen LogP contribution in [0.1, 0.15) is 27.7 Å². The smallest absolute Gasteiger partial charge is 0.184 e. The third kappa shape index (κ3) is 3.81. The molecule has 0 saturated heterocycles. The van der Waals surface area contributed by atoms with Gasteiger partial charge in [0.05, 0.1) is 7.11 Å². The van der Waals surface area contributed by atoms with Gasteiger partial charge in [0.25, 0.3) is 0 Å². The summed E-state index contributed by atoms with van der Waals surface area (Å²) in [4.78, 5) is 4.27. The van der Waals surface area contributed by atoms with Gasteiger partial charge in [-0.25, -0.2) is 4.99 Å². The summed E-state index contributed by atoms with van der Waals surface area (Å²) in [7, 11) is 1.63. The van der Waals surface area contributed by atoms with E-state index in [0.29, 0.717) is 11.8 Å². The van der Waals surface area contributed by atoms with E-state index in [2.05, 4.69) is 18.8 Å². The highest BCUT2D eigenvalue weighted by atomic mass is 16.5. The number of allylic oxidation sites excluding steroid dienone is 2. The predicted octanol–water partition coefficient (Wildman–Crippen LogP) is 2.61. The van der Waals surface area contributed by atoms with Crippen molar-refractivity contribution in [3.63, 3.8) is 0 Å². The lowest BCUT2D eigenvalue weighted by Crippen LogP contribution is -1.98. The molecule has 0 aliphatic rings. The second kappa shape index (κ2) is 4.94. The highest BCUT2D eigenvalue weighted by Gasteiger charge is 1.99. The third-order valence-corrected chi connectivity index (χ3v) is 1.47. The lowest BCUT2D eigenvalue weighted by atomic mass is 10.1. The minimum atomic E-state index is 0.463.